The highest BCUT2D eigenvalue weighted by molar-refractivity contribution is 5.85. The smallest absolute Gasteiger partial charge is 0.241 e. The van der Waals surface area contributed by atoms with Gasteiger partial charge in [0, 0.05) is 25.4 Å². The van der Waals surface area contributed by atoms with Gasteiger partial charge < -0.3 is 10.6 Å². The Bertz CT molecular complexity index is 456. The van der Waals surface area contributed by atoms with Crippen molar-refractivity contribution < 1.29 is 4.79 Å². The number of aryl methyl sites for hydroxylation is 1. The molecule has 2 N–H and O–H groups in total. The van der Waals surface area contributed by atoms with Crippen molar-refractivity contribution in [2.24, 2.45) is 12.5 Å². The molecular weight excluding hydrogens is 288 g/mol. The van der Waals surface area contributed by atoms with E-state index in [4.69, 9.17) is 0 Å². The average Bonchev–Trinajstić information content (AvgIpc) is 2.80. The van der Waals surface area contributed by atoms with Gasteiger partial charge in [0.25, 0.3) is 0 Å². The predicted octanol–water partition coefficient (Wildman–Crippen LogP) is 2.19. The summed E-state index contributed by atoms with van der Waals surface area (Å²) in [4.78, 5) is 12.4. The first kappa shape index (κ1) is 18.0. The summed E-state index contributed by atoms with van der Waals surface area (Å²) < 4.78 is 1.72. The van der Waals surface area contributed by atoms with Gasteiger partial charge in [0.1, 0.15) is 6.04 Å². The van der Waals surface area contributed by atoms with Gasteiger partial charge >= 0.3 is 0 Å². The maximum Gasteiger partial charge on any atom is 0.241 e. The van der Waals surface area contributed by atoms with Gasteiger partial charge in [-0.05, 0) is 31.7 Å². The first-order valence-corrected chi connectivity index (χ1v) is 7.54. The fourth-order valence-corrected chi connectivity index (χ4v) is 3.14. The van der Waals surface area contributed by atoms with Crippen molar-refractivity contribution in [2.45, 2.75) is 45.1 Å². The third-order valence-electron chi connectivity index (χ3n) is 4.44. The van der Waals surface area contributed by atoms with Crippen LogP contribution in [-0.4, -0.2) is 29.3 Å². The van der Waals surface area contributed by atoms with Crippen LogP contribution in [0.15, 0.2) is 12.4 Å². The lowest BCUT2D eigenvalue weighted by molar-refractivity contribution is -0.124. The minimum atomic E-state index is -0.317. The number of halogens is 1. The normalized spacial score (nSPS) is 17.5. The van der Waals surface area contributed by atoms with Gasteiger partial charge in [0.2, 0.25) is 5.91 Å². The molecule has 0 saturated heterocycles. The maximum atomic E-state index is 12.4. The van der Waals surface area contributed by atoms with E-state index in [1.54, 1.807) is 10.9 Å². The first-order valence-electron chi connectivity index (χ1n) is 7.54. The molecule has 1 aliphatic carbocycles. The number of nitrogens with zero attached hydrogens (tertiary/aromatic N) is 2. The Balaban J connectivity index is 0.00000220. The second-order valence-electron chi connectivity index (χ2n) is 5.99. The van der Waals surface area contributed by atoms with Gasteiger partial charge in [-0.25, -0.2) is 0 Å². The second-order valence-corrected chi connectivity index (χ2v) is 5.99. The Labute approximate surface area is 133 Å². The van der Waals surface area contributed by atoms with Gasteiger partial charge in [0.05, 0.1) is 6.20 Å². The van der Waals surface area contributed by atoms with Crippen LogP contribution in [0.1, 0.15) is 50.6 Å². The van der Waals surface area contributed by atoms with Gasteiger partial charge in [-0.3, -0.25) is 9.48 Å². The molecule has 1 fully saturated rings. The summed E-state index contributed by atoms with van der Waals surface area (Å²) in [6.07, 6.45) is 9.82. The number of carbonyl (C=O) groups is 1. The lowest BCUT2D eigenvalue weighted by atomic mass is 9.66. The van der Waals surface area contributed by atoms with Crippen molar-refractivity contribution in [3.8, 4) is 0 Å². The minimum absolute atomic E-state index is 0. The molecule has 21 heavy (non-hydrogen) atoms. The molecule has 0 spiro atoms. The van der Waals surface area contributed by atoms with Crippen molar-refractivity contribution in [2.75, 3.05) is 13.6 Å². The number of carbonyl (C=O) groups excluding carboxylic acids is 1. The molecule has 1 unspecified atom stereocenters. The maximum absolute atomic E-state index is 12.4. The standard InChI is InChI=1S/C15H26N4O.ClH/c1-4-6-15(7-5-8-15)11-17-14(20)13(16-2)12-9-18-19(3)10-12;/h9-10,13,16H,4-8,11H2,1-3H3,(H,17,20);1H. The predicted molar refractivity (Wildman–Crippen MR) is 86.5 cm³/mol. The van der Waals surface area contributed by atoms with Gasteiger partial charge in [-0.15, -0.1) is 12.4 Å². The Morgan fingerprint density at radius 1 is 1.52 bits per heavy atom. The molecule has 1 aromatic heterocycles. The van der Waals surface area contributed by atoms with E-state index in [0.29, 0.717) is 5.41 Å². The van der Waals surface area contributed by atoms with E-state index in [0.717, 1.165) is 12.1 Å². The SMILES string of the molecule is CCCC1(CNC(=O)C(NC)c2cnn(C)c2)CCC1.Cl. The molecule has 1 aliphatic rings. The average molecular weight is 315 g/mol. The van der Waals surface area contributed by atoms with Gasteiger partial charge in [0.15, 0.2) is 0 Å². The van der Waals surface area contributed by atoms with Crippen LogP contribution >= 0.6 is 12.4 Å². The second kappa shape index (κ2) is 7.80. The number of hydrogen-bond acceptors (Lipinski definition) is 3. The molecule has 0 radical (unpaired) electrons. The highest BCUT2D eigenvalue weighted by Gasteiger charge is 2.36. The molecule has 0 aromatic carbocycles. The summed E-state index contributed by atoms with van der Waals surface area (Å²) in [5.74, 6) is 0.0443. The van der Waals surface area contributed by atoms with E-state index >= 15 is 0 Å². The molecule has 1 atom stereocenters. The topological polar surface area (TPSA) is 59.0 Å². The zero-order chi connectivity index (χ0) is 14.6. The molecule has 1 saturated carbocycles. The number of aromatic nitrogens is 2. The highest BCUT2D eigenvalue weighted by atomic mass is 35.5. The van der Waals surface area contributed by atoms with Crippen LogP contribution in [0.5, 0.6) is 0 Å². The van der Waals surface area contributed by atoms with Crippen LogP contribution in [0.25, 0.3) is 0 Å². The summed E-state index contributed by atoms with van der Waals surface area (Å²) in [6.45, 7) is 3.02. The molecular formula is C15H27ClN4O. The van der Waals surface area contributed by atoms with E-state index in [1.807, 2.05) is 20.3 Å². The largest absolute Gasteiger partial charge is 0.354 e. The third kappa shape index (κ3) is 4.20. The Morgan fingerprint density at radius 3 is 2.67 bits per heavy atom. The Hall–Kier alpha value is -1.07. The molecule has 6 heteroatoms. The fourth-order valence-electron chi connectivity index (χ4n) is 3.14. The summed E-state index contributed by atoms with van der Waals surface area (Å²) >= 11 is 0. The first-order chi connectivity index (χ1) is 9.60. The lowest BCUT2D eigenvalue weighted by Gasteiger charge is -2.42. The van der Waals surface area contributed by atoms with Crippen LogP contribution < -0.4 is 10.6 Å². The van der Waals surface area contributed by atoms with Crippen LogP contribution in [0.3, 0.4) is 0 Å². The van der Waals surface area contributed by atoms with Crippen molar-refractivity contribution in [1.82, 2.24) is 20.4 Å². The zero-order valence-electron chi connectivity index (χ0n) is 13.2. The fraction of sp³-hybridized carbons (Fsp3) is 0.733. The molecule has 0 bridgehead atoms. The van der Waals surface area contributed by atoms with Crippen molar-refractivity contribution in [3.05, 3.63) is 18.0 Å². The van der Waals surface area contributed by atoms with Crippen molar-refractivity contribution in [1.29, 1.82) is 0 Å². The van der Waals surface area contributed by atoms with Crippen molar-refractivity contribution >= 4 is 18.3 Å². The highest BCUT2D eigenvalue weighted by Crippen LogP contribution is 2.44. The van der Waals surface area contributed by atoms with Crippen LogP contribution in [-0.2, 0) is 11.8 Å². The monoisotopic (exact) mass is 314 g/mol. The van der Waals surface area contributed by atoms with Crippen LogP contribution in [0.4, 0.5) is 0 Å². The van der Waals surface area contributed by atoms with Crippen molar-refractivity contribution in [3.63, 3.8) is 0 Å². The summed E-state index contributed by atoms with van der Waals surface area (Å²) in [5.41, 5.74) is 1.27. The number of amides is 1. The van der Waals surface area contributed by atoms with Gasteiger partial charge in [-0.2, -0.15) is 5.10 Å². The number of hydrogen-bond donors (Lipinski definition) is 2. The van der Waals surface area contributed by atoms with E-state index < -0.39 is 0 Å². The summed E-state index contributed by atoms with van der Waals surface area (Å²) in [6, 6.07) is -0.317. The Kier molecular flexibility index (Phi) is 6.68. The van der Waals surface area contributed by atoms with Crippen LogP contribution in [0.2, 0.25) is 0 Å². The third-order valence-corrected chi connectivity index (χ3v) is 4.44. The molecule has 1 aromatic rings. The van der Waals surface area contributed by atoms with Crippen LogP contribution in [0, 0.1) is 5.41 Å². The van der Waals surface area contributed by atoms with E-state index in [-0.39, 0.29) is 24.4 Å². The quantitative estimate of drug-likeness (QED) is 0.811. The summed E-state index contributed by atoms with van der Waals surface area (Å²) in [7, 11) is 3.67. The van der Waals surface area contributed by atoms with E-state index in [1.165, 1.54) is 32.1 Å². The molecule has 1 amide bonds. The lowest BCUT2D eigenvalue weighted by Crippen LogP contribution is -2.45. The summed E-state index contributed by atoms with van der Waals surface area (Å²) in [5, 5.41) is 10.3. The Morgan fingerprint density at radius 2 is 2.24 bits per heavy atom. The zero-order valence-corrected chi connectivity index (χ0v) is 14.0. The minimum Gasteiger partial charge on any atom is -0.354 e. The number of nitrogens with one attached hydrogen (secondary N) is 2. The number of rotatable bonds is 7. The molecule has 120 valence electrons. The van der Waals surface area contributed by atoms with E-state index in [2.05, 4.69) is 22.7 Å². The molecule has 0 aliphatic heterocycles. The molecule has 5 nitrogen and oxygen atoms in total. The molecule has 1 heterocycles. The molecule has 2 rings (SSSR count). The van der Waals surface area contributed by atoms with E-state index in [9.17, 15) is 4.79 Å². The van der Waals surface area contributed by atoms with Gasteiger partial charge in [-0.1, -0.05) is 19.8 Å². The number of likely N-dealkylation sites (N-methyl/N-ethyl adjacent to an activating group) is 1.